The third-order valence-electron chi connectivity index (χ3n) is 3.54. The van der Waals surface area contributed by atoms with Crippen molar-refractivity contribution in [3.8, 4) is 17.2 Å². The van der Waals surface area contributed by atoms with E-state index in [0.717, 1.165) is 11.6 Å². The maximum atomic E-state index is 13.5. The van der Waals surface area contributed by atoms with E-state index in [1.54, 1.807) is 6.07 Å². The van der Waals surface area contributed by atoms with Gasteiger partial charge in [-0.15, -0.1) is 5.10 Å². The van der Waals surface area contributed by atoms with Crippen LogP contribution < -0.4 is 5.32 Å². The minimum Gasteiger partial charge on any atom is -0.504 e. The molecule has 0 unspecified atom stereocenters. The smallest absolute Gasteiger partial charge is 0.253 e. The Morgan fingerprint density at radius 1 is 1.16 bits per heavy atom. The molecule has 1 heterocycles. The molecule has 3 aromatic rings. The fourth-order valence-electron chi connectivity index (χ4n) is 2.30. The summed E-state index contributed by atoms with van der Waals surface area (Å²) < 4.78 is 14.8. The molecule has 0 spiro atoms. The molecule has 0 atom stereocenters. The molecule has 0 aliphatic carbocycles. The highest BCUT2D eigenvalue weighted by molar-refractivity contribution is 5.97. The summed E-state index contributed by atoms with van der Waals surface area (Å²) >= 11 is 0. The van der Waals surface area contributed by atoms with Crippen molar-refractivity contribution >= 4 is 5.91 Å². The molecule has 0 radical (unpaired) electrons. The number of rotatable bonds is 5. The second-order valence-electron chi connectivity index (χ2n) is 5.24. The molecule has 9 heteroatoms. The summed E-state index contributed by atoms with van der Waals surface area (Å²) in [5.41, 5.74) is 1.18. The van der Waals surface area contributed by atoms with E-state index in [1.807, 2.05) is 0 Å². The quantitative estimate of drug-likeness (QED) is 0.600. The number of nitrogens with one attached hydrogen (secondary N) is 1. The lowest BCUT2D eigenvalue weighted by atomic mass is 10.1. The number of tetrazole rings is 1. The molecule has 1 aromatic heterocycles. The average molecular weight is 343 g/mol. The molecule has 0 aliphatic heterocycles. The molecular formula is C16H14FN5O3. The van der Waals surface area contributed by atoms with Crippen molar-refractivity contribution < 1.29 is 19.4 Å². The number of phenolic OH excluding ortho intramolecular Hbond substituents is 2. The molecule has 128 valence electrons. The number of hydrogen-bond donors (Lipinski definition) is 3. The normalized spacial score (nSPS) is 10.6. The summed E-state index contributed by atoms with van der Waals surface area (Å²) in [4.78, 5) is 12.4. The van der Waals surface area contributed by atoms with Crippen molar-refractivity contribution in [1.82, 2.24) is 25.5 Å². The van der Waals surface area contributed by atoms with Crippen molar-refractivity contribution in [1.29, 1.82) is 0 Å². The van der Waals surface area contributed by atoms with E-state index in [1.165, 1.54) is 35.3 Å². The lowest BCUT2D eigenvalue weighted by Gasteiger charge is -2.10. The van der Waals surface area contributed by atoms with E-state index in [0.29, 0.717) is 12.1 Å². The molecular weight excluding hydrogens is 329 g/mol. The van der Waals surface area contributed by atoms with Crippen LogP contribution in [-0.4, -0.2) is 42.9 Å². The van der Waals surface area contributed by atoms with Crippen LogP contribution in [0.5, 0.6) is 11.5 Å². The molecule has 0 bridgehead atoms. The molecule has 25 heavy (non-hydrogen) atoms. The van der Waals surface area contributed by atoms with Crippen LogP contribution >= 0.6 is 0 Å². The van der Waals surface area contributed by atoms with Crippen molar-refractivity contribution in [2.45, 2.75) is 6.42 Å². The first-order valence-corrected chi connectivity index (χ1v) is 7.36. The highest BCUT2D eigenvalue weighted by atomic mass is 19.1. The van der Waals surface area contributed by atoms with Crippen LogP contribution in [0, 0.1) is 5.82 Å². The molecule has 0 fully saturated rings. The maximum absolute atomic E-state index is 13.5. The Hall–Kier alpha value is -3.49. The van der Waals surface area contributed by atoms with E-state index >= 15 is 0 Å². The number of aromatic hydroxyl groups is 2. The Balaban J connectivity index is 1.71. The van der Waals surface area contributed by atoms with Crippen LogP contribution in [0.1, 0.15) is 15.9 Å². The second kappa shape index (κ2) is 6.95. The Morgan fingerprint density at radius 3 is 2.72 bits per heavy atom. The van der Waals surface area contributed by atoms with Crippen molar-refractivity contribution in [3.63, 3.8) is 0 Å². The number of phenols is 2. The molecule has 0 saturated carbocycles. The molecule has 8 nitrogen and oxygen atoms in total. The Morgan fingerprint density at radius 2 is 2.00 bits per heavy atom. The first-order valence-electron chi connectivity index (χ1n) is 7.36. The van der Waals surface area contributed by atoms with E-state index < -0.39 is 11.7 Å². The topological polar surface area (TPSA) is 113 Å². The number of nitrogens with zero attached hydrogens (tertiary/aromatic N) is 4. The van der Waals surface area contributed by atoms with Gasteiger partial charge in [0.2, 0.25) is 0 Å². The molecule has 3 rings (SSSR count). The predicted molar refractivity (Wildman–Crippen MR) is 84.9 cm³/mol. The molecule has 0 aliphatic rings. The molecule has 1 amide bonds. The van der Waals surface area contributed by atoms with Crippen LogP contribution in [-0.2, 0) is 6.42 Å². The van der Waals surface area contributed by atoms with Crippen LogP contribution in [0.25, 0.3) is 5.69 Å². The fraction of sp³-hybridized carbons (Fsp3) is 0.125. The standard InChI is InChI=1S/C16H14FN5O3/c17-11-2-3-13(22-9-19-20-21-22)12(8-11)16(25)18-6-5-10-1-4-14(23)15(24)7-10/h1-4,7-9,23-24H,5-6H2,(H,18,25). The van der Waals surface area contributed by atoms with E-state index in [-0.39, 0.29) is 23.6 Å². The molecule has 2 aromatic carbocycles. The van der Waals surface area contributed by atoms with Gasteiger partial charge in [-0.05, 0) is 52.7 Å². The van der Waals surface area contributed by atoms with Gasteiger partial charge in [-0.2, -0.15) is 4.68 Å². The highest BCUT2D eigenvalue weighted by Gasteiger charge is 2.15. The summed E-state index contributed by atoms with van der Waals surface area (Å²) in [5, 5.41) is 32.1. The monoisotopic (exact) mass is 343 g/mol. The van der Waals surface area contributed by atoms with E-state index in [9.17, 15) is 19.4 Å². The summed E-state index contributed by atoms with van der Waals surface area (Å²) in [6.45, 7) is 0.259. The third-order valence-corrected chi connectivity index (χ3v) is 3.54. The van der Waals surface area contributed by atoms with Gasteiger partial charge in [0.15, 0.2) is 11.5 Å². The lowest BCUT2D eigenvalue weighted by Crippen LogP contribution is -2.27. The fourth-order valence-corrected chi connectivity index (χ4v) is 2.30. The number of carbonyl (C=O) groups excluding carboxylic acids is 1. The lowest BCUT2D eigenvalue weighted by molar-refractivity contribution is 0.0953. The Kier molecular flexibility index (Phi) is 4.55. The summed E-state index contributed by atoms with van der Waals surface area (Å²) in [6.07, 6.45) is 1.73. The van der Waals surface area contributed by atoms with Crippen LogP contribution in [0.2, 0.25) is 0 Å². The van der Waals surface area contributed by atoms with E-state index in [4.69, 9.17) is 0 Å². The summed E-state index contributed by atoms with van der Waals surface area (Å²) in [6, 6.07) is 8.16. The molecule has 3 N–H and O–H groups in total. The summed E-state index contributed by atoms with van der Waals surface area (Å²) in [7, 11) is 0. The van der Waals surface area contributed by atoms with Gasteiger partial charge < -0.3 is 15.5 Å². The third kappa shape index (κ3) is 3.71. The first-order chi connectivity index (χ1) is 12.0. The number of aromatic nitrogens is 4. The van der Waals surface area contributed by atoms with Gasteiger partial charge in [0, 0.05) is 6.54 Å². The zero-order valence-electron chi connectivity index (χ0n) is 12.9. The van der Waals surface area contributed by atoms with Gasteiger partial charge in [-0.3, -0.25) is 4.79 Å². The van der Waals surface area contributed by atoms with Crippen LogP contribution in [0.15, 0.2) is 42.7 Å². The largest absolute Gasteiger partial charge is 0.504 e. The summed E-state index contributed by atoms with van der Waals surface area (Å²) in [5.74, 6) is -1.47. The number of carbonyl (C=O) groups is 1. The minimum absolute atomic E-state index is 0.0980. The number of amides is 1. The van der Waals surface area contributed by atoms with Gasteiger partial charge >= 0.3 is 0 Å². The maximum Gasteiger partial charge on any atom is 0.253 e. The van der Waals surface area contributed by atoms with Gasteiger partial charge in [-0.1, -0.05) is 6.07 Å². The Bertz CT molecular complexity index is 899. The van der Waals surface area contributed by atoms with Gasteiger partial charge in [0.1, 0.15) is 12.1 Å². The molecule has 0 saturated heterocycles. The first kappa shape index (κ1) is 16.4. The van der Waals surface area contributed by atoms with Crippen LogP contribution in [0.4, 0.5) is 4.39 Å². The second-order valence-corrected chi connectivity index (χ2v) is 5.24. The van der Waals surface area contributed by atoms with Crippen molar-refractivity contribution in [3.05, 3.63) is 59.7 Å². The number of benzene rings is 2. The van der Waals surface area contributed by atoms with Gasteiger partial charge in [0.25, 0.3) is 5.91 Å². The van der Waals surface area contributed by atoms with Crippen molar-refractivity contribution in [2.24, 2.45) is 0 Å². The SMILES string of the molecule is O=C(NCCc1ccc(O)c(O)c1)c1cc(F)ccc1-n1cnnn1. The van der Waals surface area contributed by atoms with Gasteiger partial charge in [-0.25, -0.2) is 4.39 Å². The van der Waals surface area contributed by atoms with Crippen LogP contribution in [0.3, 0.4) is 0 Å². The van der Waals surface area contributed by atoms with Gasteiger partial charge in [0.05, 0.1) is 11.3 Å². The highest BCUT2D eigenvalue weighted by Crippen LogP contribution is 2.24. The van der Waals surface area contributed by atoms with E-state index in [2.05, 4.69) is 20.8 Å². The zero-order valence-corrected chi connectivity index (χ0v) is 12.9. The number of hydrogen-bond acceptors (Lipinski definition) is 6. The van der Waals surface area contributed by atoms with Crippen molar-refractivity contribution in [2.75, 3.05) is 6.54 Å². The Labute approximate surface area is 141 Å². The predicted octanol–water partition coefficient (Wildman–Crippen LogP) is 1.19. The number of halogens is 1. The average Bonchev–Trinajstić information content (AvgIpc) is 3.12. The minimum atomic E-state index is -0.551. The zero-order chi connectivity index (χ0) is 17.8.